The number of anilines is 3. The monoisotopic (exact) mass is 373 g/mol. The van der Waals surface area contributed by atoms with Crippen molar-refractivity contribution in [3.63, 3.8) is 0 Å². The highest BCUT2D eigenvalue weighted by atomic mass is 35.5. The Morgan fingerprint density at radius 1 is 0.870 bits per heavy atom. The van der Waals surface area contributed by atoms with E-state index in [0.29, 0.717) is 27.1 Å². The molecule has 0 aromatic heterocycles. The van der Waals surface area contributed by atoms with E-state index >= 15 is 0 Å². The van der Waals surface area contributed by atoms with E-state index in [9.17, 15) is 13.2 Å². The average molecular weight is 374 g/mol. The molecule has 0 spiro atoms. The van der Waals surface area contributed by atoms with Crippen LogP contribution in [0.1, 0.15) is 0 Å². The Kier molecular flexibility index (Phi) is 5.35. The zero-order chi connectivity index (χ0) is 17.0. The first-order valence-corrected chi connectivity index (χ1v) is 8.98. The quantitative estimate of drug-likeness (QED) is 0.756. The summed E-state index contributed by atoms with van der Waals surface area (Å²) in [4.78, 5) is 11.9. The van der Waals surface area contributed by atoms with Gasteiger partial charge in [-0.05, 0) is 42.5 Å². The van der Waals surface area contributed by atoms with Crippen molar-refractivity contribution in [2.75, 3.05) is 21.6 Å². The smallest absolute Gasteiger partial charge is 0.308 e. The molecule has 0 bridgehead atoms. The zero-order valence-corrected chi connectivity index (χ0v) is 14.3. The lowest BCUT2D eigenvalue weighted by Crippen LogP contribution is -2.19. The molecule has 6 nitrogen and oxygen atoms in total. The summed E-state index contributed by atoms with van der Waals surface area (Å²) in [5.41, 5.74) is 1.35. The second-order valence-corrected chi connectivity index (χ2v) is 7.31. The number of amides is 2. The van der Waals surface area contributed by atoms with Gasteiger partial charge in [-0.15, -0.1) is 0 Å². The number of urea groups is 1. The van der Waals surface area contributed by atoms with Gasteiger partial charge < -0.3 is 10.6 Å². The summed E-state index contributed by atoms with van der Waals surface area (Å²) in [6.07, 6.45) is 1.06. The molecule has 2 amide bonds. The SMILES string of the molecule is CS(=O)(=O)Nc1ccc(NC(=O)Nc2cc(Cl)cc(Cl)c2)cc1. The van der Waals surface area contributed by atoms with E-state index < -0.39 is 16.1 Å². The molecule has 0 unspecified atom stereocenters. The van der Waals surface area contributed by atoms with Crippen LogP contribution in [0.3, 0.4) is 0 Å². The van der Waals surface area contributed by atoms with Gasteiger partial charge in [-0.25, -0.2) is 13.2 Å². The van der Waals surface area contributed by atoms with Crippen molar-refractivity contribution in [1.82, 2.24) is 0 Å². The standard InChI is InChI=1S/C14H13Cl2N3O3S/c1-23(21,22)19-12-4-2-11(3-5-12)17-14(20)18-13-7-9(15)6-10(16)8-13/h2-8,19H,1H3,(H2,17,18,20). The van der Waals surface area contributed by atoms with Crippen LogP contribution in [0.15, 0.2) is 42.5 Å². The molecule has 2 aromatic carbocycles. The lowest BCUT2D eigenvalue weighted by molar-refractivity contribution is 0.262. The highest BCUT2D eigenvalue weighted by molar-refractivity contribution is 7.92. The number of rotatable bonds is 4. The van der Waals surface area contributed by atoms with E-state index in [1.165, 1.54) is 12.1 Å². The van der Waals surface area contributed by atoms with E-state index in [2.05, 4.69) is 15.4 Å². The number of sulfonamides is 1. The average Bonchev–Trinajstić information content (AvgIpc) is 2.38. The summed E-state index contributed by atoms with van der Waals surface area (Å²) < 4.78 is 24.5. The number of nitrogens with one attached hydrogen (secondary N) is 3. The number of carbonyl (C=O) groups is 1. The third kappa shape index (κ3) is 5.97. The minimum absolute atomic E-state index is 0.403. The molecule has 0 aliphatic heterocycles. The fourth-order valence-electron chi connectivity index (χ4n) is 1.76. The minimum atomic E-state index is -3.34. The number of hydrogen-bond donors (Lipinski definition) is 3. The lowest BCUT2D eigenvalue weighted by Gasteiger charge is -2.09. The van der Waals surface area contributed by atoms with Crippen molar-refractivity contribution >= 4 is 56.3 Å². The predicted molar refractivity (Wildman–Crippen MR) is 94.0 cm³/mol. The maximum Gasteiger partial charge on any atom is 0.323 e. The van der Waals surface area contributed by atoms with E-state index in [0.717, 1.165) is 6.26 Å². The Balaban J connectivity index is 2.00. The molecule has 23 heavy (non-hydrogen) atoms. The fourth-order valence-corrected chi connectivity index (χ4v) is 2.85. The van der Waals surface area contributed by atoms with Crippen LogP contribution >= 0.6 is 23.2 Å². The van der Waals surface area contributed by atoms with Crippen LogP contribution in [0.4, 0.5) is 21.9 Å². The minimum Gasteiger partial charge on any atom is -0.308 e. The molecule has 0 radical (unpaired) electrons. The Labute approximate surface area is 143 Å². The molecule has 122 valence electrons. The van der Waals surface area contributed by atoms with Crippen LogP contribution in [0.5, 0.6) is 0 Å². The third-order valence-corrected chi connectivity index (χ3v) is 3.61. The van der Waals surface area contributed by atoms with Crippen molar-refractivity contribution in [3.8, 4) is 0 Å². The summed E-state index contributed by atoms with van der Waals surface area (Å²) in [5.74, 6) is 0. The zero-order valence-electron chi connectivity index (χ0n) is 11.9. The van der Waals surface area contributed by atoms with Crippen molar-refractivity contribution in [1.29, 1.82) is 0 Å². The second-order valence-electron chi connectivity index (χ2n) is 4.69. The fraction of sp³-hybridized carbons (Fsp3) is 0.0714. The highest BCUT2D eigenvalue weighted by Gasteiger charge is 2.06. The Morgan fingerprint density at radius 3 is 1.87 bits per heavy atom. The van der Waals surface area contributed by atoms with Crippen LogP contribution < -0.4 is 15.4 Å². The second kappa shape index (κ2) is 7.08. The van der Waals surface area contributed by atoms with Crippen LogP contribution in [0.2, 0.25) is 10.0 Å². The Morgan fingerprint density at radius 2 is 1.35 bits per heavy atom. The van der Waals surface area contributed by atoms with Crippen LogP contribution in [0, 0.1) is 0 Å². The molecule has 0 saturated carbocycles. The molecule has 0 aliphatic rings. The van der Waals surface area contributed by atoms with Crippen LogP contribution in [-0.2, 0) is 10.0 Å². The molecule has 0 saturated heterocycles. The van der Waals surface area contributed by atoms with E-state index in [-0.39, 0.29) is 0 Å². The van der Waals surface area contributed by atoms with E-state index in [4.69, 9.17) is 23.2 Å². The van der Waals surface area contributed by atoms with Gasteiger partial charge in [-0.2, -0.15) is 0 Å². The first-order valence-electron chi connectivity index (χ1n) is 6.33. The van der Waals surface area contributed by atoms with Gasteiger partial charge in [0, 0.05) is 27.1 Å². The molecule has 9 heteroatoms. The molecular formula is C14H13Cl2N3O3S. The molecule has 0 aliphatic carbocycles. The Hall–Kier alpha value is -1.96. The number of halogens is 2. The summed E-state index contributed by atoms with van der Waals surface area (Å²) in [7, 11) is -3.34. The summed E-state index contributed by atoms with van der Waals surface area (Å²) >= 11 is 11.7. The van der Waals surface area contributed by atoms with Gasteiger partial charge in [0.2, 0.25) is 10.0 Å². The molecule has 2 aromatic rings. The molecular weight excluding hydrogens is 361 g/mol. The van der Waals surface area contributed by atoms with Gasteiger partial charge in [0.05, 0.1) is 6.26 Å². The van der Waals surface area contributed by atoms with E-state index in [1.54, 1.807) is 30.3 Å². The van der Waals surface area contributed by atoms with Gasteiger partial charge in [0.1, 0.15) is 0 Å². The van der Waals surface area contributed by atoms with Gasteiger partial charge in [-0.1, -0.05) is 23.2 Å². The van der Waals surface area contributed by atoms with Crippen LogP contribution in [0.25, 0.3) is 0 Å². The topological polar surface area (TPSA) is 87.3 Å². The first kappa shape index (κ1) is 17.4. The molecule has 0 heterocycles. The van der Waals surface area contributed by atoms with Gasteiger partial charge in [0.15, 0.2) is 0 Å². The van der Waals surface area contributed by atoms with Gasteiger partial charge in [0.25, 0.3) is 0 Å². The highest BCUT2D eigenvalue weighted by Crippen LogP contribution is 2.22. The Bertz CT molecular complexity index is 803. The predicted octanol–water partition coefficient (Wildman–Crippen LogP) is 4.01. The first-order chi connectivity index (χ1) is 10.7. The summed E-state index contributed by atoms with van der Waals surface area (Å²) in [6.45, 7) is 0. The molecule has 0 fully saturated rings. The number of benzene rings is 2. The lowest BCUT2D eigenvalue weighted by atomic mass is 10.3. The van der Waals surface area contributed by atoms with Crippen molar-refractivity contribution in [3.05, 3.63) is 52.5 Å². The van der Waals surface area contributed by atoms with Crippen molar-refractivity contribution in [2.24, 2.45) is 0 Å². The largest absolute Gasteiger partial charge is 0.323 e. The van der Waals surface area contributed by atoms with Crippen LogP contribution in [-0.4, -0.2) is 20.7 Å². The normalized spacial score (nSPS) is 10.9. The van der Waals surface area contributed by atoms with E-state index in [1.807, 2.05) is 0 Å². The number of carbonyl (C=O) groups excluding carboxylic acids is 1. The third-order valence-electron chi connectivity index (χ3n) is 2.57. The molecule has 3 N–H and O–H groups in total. The molecule has 0 atom stereocenters. The summed E-state index contributed by atoms with van der Waals surface area (Å²) in [6, 6.07) is 10.4. The van der Waals surface area contributed by atoms with Crippen molar-refractivity contribution < 1.29 is 13.2 Å². The van der Waals surface area contributed by atoms with Crippen molar-refractivity contribution in [2.45, 2.75) is 0 Å². The van der Waals surface area contributed by atoms with Gasteiger partial charge >= 0.3 is 6.03 Å². The maximum atomic E-state index is 11.9. The van der Waals surface area contributed by atoms with Gasteiger partial charge in [-0.3, -0.25) is 4.72 Å². The molecule has 2 rings (SSSR count). The maximum absolute atomic E-state index is 11.9. The summed E-state index contributed by atoms with van der Waals surface area (Å²) in [5, 5.41) is 6.01. The number of hydrogen-bond acceptors (Lipinski definition) is 3.